The third-order valence-corrected chi connectivity index (χ3v) is 8.68. The van der Waals surface area contributed by atoms with E-state index >= 15 is 0 Å². The van der Waals surface area contributed by atoms with Crippen LogP contribution in [0.25, 0.3) is 0 Å². The lowest BCUT2D eigenvalue weighted by Gasteiger charge is -2.28. The van der Waals surface area contributed by atoms with E-state index in [-0.39, 0.29) is 27.7 Å². The summed E-state index contributed by atoms with van der Waals surface area (Å²) in [4.78, 5) is 16.6. The van der Waals surface area contributed by atoms with Gasteiger partial charge in [-0.05, 0) is 56.9 Å². The van der Waals surface area contributed by atoms with Crippen LogP contribution in [0, 0.1) is 17.0 Å². The molecule has 1 fully saturated rings. The van der Waals surface area contributed by atoms with Crippen LogP contribution in [0.1, 0.15) is 53.8 Å². The predicted octanol–water partition coefficient (Wildman–Crippen LogP) is 3.80. The molecule has 1 aromatic carbocycles. The van der Waals surface area contributed by atoms with E-state index in [9.17, 15) is 22.0 Å². The molecule has 0 unspecified atom stereocenters. The number of rotatable bonds is 9. The molecular weight excluding hydrogens is 446 g/mol. The second-order valence-corrected chi connectivity index (χ2v) is 10.9. The highest BCUT2D eigenvalue weighted by Crippen LogP contribution is 2.32. The first-order chi connectivity index (χ1) is 14.7. The van der Waals surface area contributed by atoms with Crippen LogP contribution in [0.4, 0.5) is 19.7 Å². The molecule has 1 aliphatic carbocycles. The number of nitrogens with two attached hydrogens (primary N) is 1. The number of nitrogen functional groups attached to an aromatic ring is 1. The fourth-order valence-electron chi connectivity index (χ4n) is 3.68. The molecule has 11 heteroatoms. The molecule has 7 nitrogen and oxygen atoms in total. The van der Waals surface area contributed by atoms with Gasteiger partial charge in [0, 0.05) is 6.04 Å². The lowest BCUT2D eigenvalue weighted by atomic mass is 9.95. The van der Waals surface area contributed by atoms with Gasteiger partial charge in [-0.1, -0.05) is 17.4 Å². The van der Waals surface area contributed by atoms with E-state index in [0.29, 0.717) is 43.7 Å². The summed E-state index contributed by atoms with van der Waals surface area (Å²) in [7, 11) is -3.18. The van der Waals surface area contributed by atoms with Crippen molar-refractivity contribution in [3.05, 3.63) is 40.3 Å². The van der Waals surface area contributed by atoms with Gasteiger partial charge in [0.25, 0.3) is 0 Å². The lowest BCUT2D eigenvalue weighted by molar-refractivity contribution is 0.103. The third-order valence-electron chi connectivity index (χ3n) is 5.34. The Balaban J connectivity index is 1.63. The van der Waals surface area contributed by atoms with Gasteiger partial charge in [-0.25, -0.2) is 22.2 Å². The molecule has 1 aromatic heterocycles. The summed E-state index contributed by atoms with van der Waals surface area (Å²) in [5.41, 5.74) is 5.15. The zero-order chi connectivity index (χ0) is 22.6. The van der Waals surface area contributed by atoms with Crippen molar-refractivity contribution in [3.8, 4) is 0 Å². The molecule has 0 amide bonds. The van der Waals surface area contributed by atoms with E-state index in [1.807, 2.05) is 0 Å². The fourth-order valence-corrected chi connectivity index (χ4v) is 6.48. The second-order valence-electron chi connectivity index (χ2n) is 7.49. The number of halogens is 2. The highest BCUT2D eigenvalue weighted by Gasteiger charge is 2.31. The smallest absolute Gasteiger partial charge is 0.212 e. The Hall–Kier alpha value is -2.40. The number of nitrogens with one attached hydrogen (secondary N) is 2. The van der Waals surface area contributed by atoms with Gasteiger partial charge in [0.2, 0.25) is 5.78 Å². The minimum Gasteiger partial charge on any atom is -0.382 e. The van der Waals surface area contributed by atoms with Crippen LogP contribution in [-0.2, 0) is 9.84 Å². The average Bonchev–Trinajstić information content (AvgIpc) is 3.08. The SMILES string of the molecule is N=CCCCS(=O)(=O)C1CCC(Nc2nc(N)c(C(=O)c3c(F)cccc3F)s2)CC1. The number of hydrogen-bond donors (Lipinski definition) is 3. The van der Waals surface area contributed by atoms with E-state index in [4.69, 9.17) is 11.1 Å². The van der Waals surface area contributed by atoms with Crippen LogP contribution in [0.3, 0.4) is 0 Å². The number of unbranched alkanes of at least 4 members (excludes halogenated alkanes) is 1. The van der Waals surface area contributed by atoms with Crippen molar-refractivity contribution in [1.29, 1.82) is 5.41 Å². The molecule has 0 spiro atoms. The van der Waals surface area contributed by atoms with Gasteiger partial charge in [-0.2, -0.15) is 0 Å². The Labute approximate surface area is 183 Å². The number of nitrogens with zero attached hydrogens (tertiary/aromatic N) is 1. The van der Waals surface area contributed by atoms with E-state index < -0.39 is 32.8 Å². The van der Waals surface area contributed by atoms with Gasteiger partial charge in [0.05, 0.1) is 16.6 Å². The van der Waals surface area contributed by atoms with Crippen molar-refractivity contribution in [2.75, 3.05) is 16.8 Å². The van der Waals surface area contributed by atoms with Crippen molar-refractivity contribution in [3.63, 3.8) is 0 Å². The standard InChI is InChI=1S/C20H24F2N4O3S2/c21-14-4-3-5-15(22)16(14)17(27)18-19(24)26-20(30-18)25-12-6-8-13(9-7-12)31(28,29)11-2-1-10-23/h3-5,10,12-13,23H,1-2,6-9,11,24H2,(H,25,26). The lowest BCUT2D eigenvalue weighted by Crippen LogP contribution is -2.34. The molecule has 31 heavy (non-hydrogen) atoms. The molecule has 0 atom stereocenters. The van der Waals surface area contributed by atoms with Crippen molar-refractivity contribution >= 4 is 44.1 Å². The number of carbonyl (C=O) groups is 1. The zero-order valence-corrected chi connectivity index (χ0v) is 18.4. The first kappa shape index (κ1) is 23.3. The van der Waals surface area contributed by atoms with Crippen molar-refractivity contribution in [2.45, 2.75) is 49.8 Å². The Kier molecular flexibility index (Phi) is 7.37. The Morgan fingerprint density at radius 1 is 1.26 bits per heavy atom. The number of hydrogen-bond acceptors (Lipinski definition) is 8. The van der Waals surface area contributed by atoms with Gasteiger partial charge >= 0.3 is 0 Å². The minimum absolute atomic E-state index is 0.0354. The molecule has 4 N–H and O–H groups in total. The fraction of sp³-hybridized carbons (Fsp3) is 0.450. The molecule has 0 saturated heterocycles. The number of ketones is 1. The zero-order valence-electron chi connectivity index (χ0n) is 16.7. The van der Waals surface area contributed by atoms with Crippen LogP contribution >= 0.6 is 11.3 Å². The molecular formula is C20H24F2N4O3S2. The topological polar surface area (TPSA) is 126 Å². The molecule has 0 radical (unpaired) electrons. The molecule has 0 bridgehead atoms. The number of sulfone groups is 1. The van der Waals surface area contributed by atoms with Gasteiger partial charge < -0.3 is 16.5 Å². The molecule has 168 valence electrons. The van der Waals surface area contributed by atoms with Gasteiger partial charge in [0.15, 0.2) is 15.0 Å². The quantitative estimate of drug-likeness (QED) is 0.291. The maximum absolute atomic E-state index is 13.9. The maximum Gasteiger partial charge on any atom is 0.212 e. The number of carbonyl (C=O) groups excluding carboxylic acids is 1. The Morgan fingerprint density at radius 3 is 2.52 bits per heavy atom. The summed E-state index contributed by atoms with van der Waals surface area (Å²) in [6.45, 7) is 0. The summed E-state index contributed by atoms with van der Waals surface area (Å²) >= 11 is 0.924. The Bertz CT molecular complexity index is 1040. The molecule has 2 aromatic rings. The number of anilines is 2. The van der Waals surface area contributed by atoms with Crippen molar-refractivity contribution < 1.29 is 22.0 Å². The maximum atomic E-state index is 13.9. The van der Waals surface area contributed by atoms with E-state index in [0.717, 1.165) is 23.5 Å². The van der Waals surface area contributed by atoms with Crippen molar-refractivity contribution in [2.24, 2.45) is 0 Å². The first-order valence-electron chi connectivity index (χ1n) is 9.95. The van der Waals surface area contributed by atoms with Crippen LogP contribution < -0.4 is 11.1 Å². The Morgan fingerprint density at radius 2 is 1.90 bits per heavy atom. The highest BCUT2D eigenvalue weighted by molar-refractivity contribution is 7.92. The number of thiazole rings is 1. The van der Waals surface area contributed by atoms with Crippen LogP contribution in [0.2, 0.25) is 0 Å². The average molecular weight is 471 g/mol. The first-order valence-corrected chi connectivity index (χ1v) is 12.5. The molecule has 1 aliphatic rings. The monoisotopic (exact) mass is 470 g/mol. The van der Waals surface area contributed by atoms with E-state index in [1.54, 1.807) is 0 Å². The summed E-state index contributed by atoms with van der Waals surface area (Å²) in [5.74, 6) is -2.81. The third kappa shape index (κ3) is 5.45. The molecule has 3 rings (SSSR count). The molecule has 1 heterocycles. The van der Waals surface area contributed by atoms with E-state index in [1.165, 1.54) is 12.3 Å². The second kappa shape index (κ2) is 9.82. The number of benzene rings is 1. The number of aromatic nitrogens is 1. The minimum atomic E-state index is -3.18. The summed E-state index contributed by atoms with van der Waals surface area (Å²) in [5, 5.41) is 10.1. The van der Waals surface area contributed by atoms with Crippen molar-refractivity contribution in [1.82, 2.24) is 4.98 Å². The van der Waals surface area contributed by atoms with Crippen LogP contribution in [0.15, 0.2) is 18.2 Å². The normalized spacial score (nSPS) is 19.2. The molecule has 0 aliphatic heterocycles. The summed E-state index contributed by atoms with van der Waals surface area (Å²) in [6.07, 6.45) is 4.38. The van der Waals surface area contributed by atoms with E-state index in [2.05, 4.69) is 10.3 Å². The van der Waals surface area contributed by atoms with Crippen LogP contribution in [-0.4, -0.2) is 42.4 Å². The van der Waals surface area contributed by atoms with Gasteiger partial charge in [0.1, 0.15) is 22.3 Å². The summed E-state index contributed by atoms with van der Waals surface area (Å²) < 4.78 is 52.7. The van der Waals surface area contributed by atoms with Crippen LogP contribution in [0.5, 0.6) is 0 Å². The summed E-state index contributed by atoms with van der Waals surface area (Å²) in [6, 6.07) is 3.15. The van der Waals surface area contributed by atoms with Gasteiger partial charge in [-0.3, -0.25) is 4.79 Å². The highest BCUT2D eigenvalue weighted by atomic mass is 32.2. The predicted molar refractivity (Wildman–Crippen MR) is 118 cm³/mol. The largest absolute Gasteiger partial charge is 0.382 e. The molecule has 1 saturated carbocycles. The van der Waals surface area contributed by atoms with Gasteiger partial charge in [-0.15, -0.1) is 0 Å².